The van der Waals surface area contributed by atoms with Crippen molar-refractivity contribution in [1.29, 1.82) is 0 Å². The Bertz CT molecular complexity index is 1300. The van der Waals surface area contributed by atoms with Gasteiger partial charge >= 0.3 is 0 Å². The molecule has 170 valence electrons. The van der Waals surface area contributed by atoms with E-state index in [-0.39, 0.29) is 23.5 Å². The van der Waals surface area contributed by atoms with Gasteiger partial charge in [-0.25, -0.2) is 9.97 Å². The number of hydrogen-bond acceptors (Lipinski definition) is 6. The minimum Gasteiger partial charge on any atom is -0.494 e. The van der Waals surface area contributed by atoms with E-state index in [1.54, 1.807) is 0 Å². The topological polar surface area (TPSA) is 82.6 Å². The molecule has 6 rings (SSSR count). The van der Waals surface area contributed by atoms with Crippen LogP contribution < -0.4 is 19.5 Å². The number of hydrogen-bond donors (Lipinski definition) is 1. The summed E-state index contributed by atoms with van der Waals surface area (Å²) in [6, 6.07) is 11.3. The predicted octanol–water partition coefficient (Wildman–Crippen LogP) is 4.73. The molecule has 7 nitrogen and oxygen atoms in total. The number of aromatic nitrogens is 2. The van der Waals surface area contributed by atoms with Crippen LogP contribution in [0.2, 0.25) is 0 Å². The van der Waals surface area contributed by atoms with Crippen LogP contribution in [0.5, 0.6) is 17.2 Å². The van der Waals surface area contributed by atoms with Crippen LogP contribution in [0.3, 0.4) is 0 Å². The van der Waals surface area contributed by atoms with Crippen molar-refractivity contribution in [3.8, 4) is 17.2 Å². The number of fused-ring (bicyclic) bond motifs is 7. The molecule has 0 spiro atoms. The van der Waals surface area contributed by atoms with E-state index in [0.717, 1.165) is 46.7 Å². The molecule has 33 heavy (non-hydrogen) atoms. The average Bonchev–Trinajstić information content (AvgIpc) is 3.37. The third-order valence-electron chi connectivity index (χ3n) is 8.34. The second kappa shape index (κ2) is 6.59. The van der Waals surface area contributed by atoms with Crippen LogP contribution in [0.15, 0.2) is 36.4 Å². The van der Waals surface area contributed by atoms with Crippen molar-refractivity contribution in [2.75, 3.05) is 18.7 Å². The van der Waals surface area contributed by atoms with Crippen molar-refractivity contribution in [2.45, 2.75) is 51.4 Å². The highest BCUT2D eigenvalue weighted by molar-refractivity contribution is 6.02. The Balaban J connectivity index is 1.46. The maximum Gasteiger partial charge on any atom is 0.237 e. The molecule has 1 amide bonds. The number of nitrogens with zero attached hydrogens (tertiary/aromatic N) is 2. The average molecular weight is 446 g/mol. The van der Waals surface area contributed by atoms with E-state index in [2.05, 4.69) is 26.1 Å². The highest BCUT2D eigenvalue weighted by Crippen LogP contribution is 2.70. The van der Waals surface area contributed by atoms with Gasteiger partial charge in [-0.3, -0.25) is 4.79 Å². The summed E-state index contributed by atoms with van der Waals surface area (Å²) >= 11 is 0. The summed E-state index contributed by atoms with van der Waals surface area (Å²) in [5.74, 6) is 2.10. The minimum absolute atomic E-state index is 0.0338. The molecule has 0 radical (unpaired) electrons. The molecule has 2 atom stereocenters. The van der Waals surface area contributed by atoms with Crippen LogP contribution in [0.25, 0.3) is 11.0 Å². The summed E-state index contributed by atoms with van der Waals surface area (Å²) < 4.78 is 16.6. The first-order valence-electron chi connectivity index (χ1n) is 11.5. The molecule has 1 aromatic heterocycles. The lowest BCUT2D eigenvalue weighted by atomic mass is 9.63. The van der Waals surface area contributed by atoms with Gasteiger partial charge in [0.05, 0.1) is 34.4 Å². The van der Waals surface area contributed by atoms with E-state index >= 15 is 0 Å². The van der Waals surface area contributed by atoms with Crippen LogP contribution >= 0.6 is 0 Å². The molecule has 1 N–H and O–H groups in total. The van der Waals surface area contributed by atoms with Gasteiger partial charge in [-0.15, -0.1) is 0 Å². The van der Waals surface area contributed by atoms with Crippen molar-refractivity contribution >= 4 is 22.6 Å². The summed E-state index contributed by atoms with van der Waals surface area (Å²) in [5.41, 5.74) is 2.56. The van der Waals surface area contributed by atoms with E-state index in [9.17, 15) is 4.79 Å². The lowest BCUT2D eigenvalue weighted by Crippen LogP contribution is -2.48. The van der Waals surface area contributed by atoms with Crippen LogP contribution in [0.1, 0.15) is 51.9 Å². The number of nitrogens with one attached hydrogen (secondary N) is 1. The normalized spacial score (nSPS) is 25.8. The lowest BCUT2D eigenvalue weighted by molar-refractivity contribution is -0.125. The number of ether oxygens (including phenoxy) is 3. The summed E-state index contributed by atoms with van der Waals surface area (Å²) in [5, 5.41) is 3.17. The first kappa shape index (κ1) is 20.3. The van der Waals surface area contributed by atoms with Crippen molar-refractivity contribution in [2.24, 2.45) is 5.41 Å². The molecule has 3 aliphatic rings. The molecule has 2 heterocycles. The molecule has 1 saturated carbocycles. The fourth-order valence-corrected chi connectivity index (χ4v) is 6.03. The minimum atomic E-state index is -0.771. The quantitative estimate of drug-likeness (QED) is 0.625. The SMILES string of the molecule is CCOc1ccc(NC(=O)C23CCC(C)(c4nc5cc6c(cc5nc42)OCO6)C3(C)C)cc1. The van der Waals surface area contributed by atoms with E-state index in [1.165, 1.54) is 0 Å². The Morgan fingerprint density at radius 1 is 1.00 bits per heavy atom. The van der Waals surface area contributed by atoms with Crippen molar-refractivity contribution in [3.05, 3.63) is 47.8 Å². The number of rotatable bonds is 4. The molecule has 3 aromatic rings. The Hall–Kier alpha value is -3.35. The van der Waals surface area contributed by atoms with Gasteiger partial charge in [0.2, 0.25) is 12.7 Å². The van der Waals surface area contributed by atoms with Crippen molar-refractivity contribution in [3.63, 3.8) is 0 Å². The van der Waals surface area contributed by atoms with Gasteiger partial charge in [0.1, 0.15) is 5.75 Å². The first-order valence-corrected chi connectivity index (χ1v) is 11.5. The van der Waals surface area contributed by atoms with E-state index < -0.39 is 5.41 Å². The molecular weight excluding hydrogens is 418 g/mol. The zero-order valence-corrected chi connectivity index (χ0v) is 19.3. The van der Waals surface area contributed by atoms with E-state index in [0.29, 0.717) is 18.1 Å². The second-order valence-corrected chi connectivity index (χ2v) is 9.89. The second-order valence-electron chi connectivity index (χ2n) is 9.89. The molecular formula is C26H27N3O4. The predicted molar refractivity (Wildman–Crippen MR) is 124 cm³/mol. The Morgan fingerprint density at radius 2 is 1.64 bits per heavy atom. The van der Waals surface area contributed by atoms with Gasteiger partial charge in [0, 0.05) is 23.2 Å². The number of benzene rings is 2. The van der Waals surface area contributed by atoms with Crippen LogP contribution in [-0.2, 0) is 15.6 Å². The molecule has 1 aliphatic heterocycles. The zero-order valence-electron chi connectivity index (χ0n) is 19.3. The maximum atomic E-state index is 14.0. The Morgan fingerprint density at radius 3 is 2.27 bits per heavy atom. The molecule has 2 aromatic carbocycles. The zero-order chi connectivity index (χ0) is 23.0. The number of carbonyl (C=O) groups is 1. The van der Waals surface area contributed by atoms with Gasteiger partial charge in [-0.2, -0.15) is 0 Å². The fourth-order valence-electron chi connectivity index (χ4n) is 6.03. The Labute approximate surface area is 192 Å². The molecule has 1 fully saturated rings. The van der Waals surface area contributed by atoms with Crippen LogP contribution in [0.4, 0.5) is 5.69 Å². The van der Waals surface area contributed by atoms with Gasteiger partial charge in [-0.05, 0) is 49.4 Å². The third kappa shape index (κ3) is 2.48. The van der Waals surface area contributed by atoms with Crippen LogP contribution in [-0.4, -0.2) is 29.3 Å². The molecule has 2 bridgehead atoms. The molecule has 2 aliphatic carbocycles. The highest BCUT2D eigenvalue weighted by Gasteiger charge is 2.73. The standard InChI is InChI=1S/C26H27N3O4/c1-5-31-16-8-6-15(7-9-16)27-23(30)26-11-10-25(4,24(26,2)3)21-22(26)29-18-13-20-19(32-14-33-20)12-17(18)28-21/h6-9,12-13H,5,10-11,14H2,1-4H3,(H,27,30). The van der Waals surface area contributed by atoms with Gasteiger partial charge in [0.25, 0.3) is 0 Å². The molecule has 2 unspecified atom stereocenters. The summed E-state index contributed by atoms with van der Waals surface area (Å²) in [6.45, 7) is 9.33. The summed E-state index contributed by atoms with van der Waals surface area (Å²) in [7, 11) is 0. The molecule has 7 heteroatoms. The summed E-state index contributed by atoms with van der Waals surface area (Å²) in [6.07, 6.45) is 1.62. The van der Waals surface area contributed by atoms with Gasteiger partial charge in [-0.1, -0.05) is 20.8 Å². The van der Waals surface area contributed by atoms with Gasteiger partial charge < -0.3 is 19.5 Å². The lowest BCUT2D eigenvalue weighted by Gasteiger charge is -2.39. The summed E-state index contributed by atoms with van der Waals surface area (Å²) in [4.78, 5) is 24.1. The highest BCUT2D eigenvalue weighted by atomic mass is 16.7. The number of amides is 1. The van der Waals surface area contributed by atoms with Gasteiger partial charge in [0.15, 0.2) is 11.5 Å². The fraction of sp³-hybridized carbons (Fsp3) is 0.423. The molecule has 0 saturated heterocycles. The monoisotopic (exact) mass is 445 g/mol. The van der Waals surface area contributed by atoms with Crippen molar-refractivity contribution < 1.29 is 19.0 Å². The first-order chi connectivity index (χ1) is 15.8. The van der Waals surface area contributed by atoms with Crippen LogP contribution in [0, 0.1) is 5.41 Å². The Kier molecular flexibility index (Phi) is 4.05. The largest absolute Gasteiger partial charge is 0.494 e. The number of anilines is 1. The smallest absolute Gasteiger partial charge is 0.237 e. The third-order valence-corrected chi connectivity index (χ3v) is 8.34. The van der Waals surface area contributed by atoms with E-state index in [1.807, 2.05) is 43.3 Å². The van der Waals surface area contributed by atoms with Crippen molar-refractivity contribution in [1.82, 2.24) is 9.97 Å². The number of carbonyl (C=O) groups excluding carboxylic acids is 1. The maximum absolute atomic E-state index is 14.0. The van der Waals surface area contributed by atoms with E-state index in [4.69, 9.17) is 24.2 Å².